The Morgan fingerprint density at radius 3 is 2.62 bits per heavy atom. The highest BCUT2D eigenvalue weighted by molar-refractivity contribution is 5.83. The maximum atomic E-state index is 8.82. The van der Waals surface area contributed by atoms with Crippen molar-refractivity contribution in [2.75, 3.05) is 6.61 Å². The van der Waals surface area contributed by atoms with Crippen molar-refractivity contribution in [1.29, 1.82) is 0 Å². The molecule has 1 aliphatic rings. The standard InChI is InChI=1S/C18H27NO2/c1-3-5-14-6-8-15(9-7-14)16-10-11-18(21-4-2)17(12-16)13-19-20/h10-15,20H,3-9H2,1-2H3/b19-13-. The van der Waals surface area contributed by atoms with Gasteiger partial charge in [-0.15, -0.1) is 0 Å². The van der Waals surface area contributed by atoms with E-state index in [4.69, 9.17) is 9.94 Å². The Morgan fingerprint density at radius 2 is 2.00 bits per heavy atom. The highest BCUT2D eigenvalue weighted by Gasteiger charge is 2.22. The Kier molecular flexibility index (Phi) is 6.09. The minimum Gasteiger partial charge on any atom is -0.493 e. The first kappa shape index (κ1) is 15.9. The van der Waals surface area contributed by atoms with E-state index in [0.29, 0.717) is 12.5 Å². The zero-order valence-electron chi connectivity index (χ0n) is 13.2. The van der Waals surface area contributed by atoms with Crippen LogP contribution in [0.5, 0.6) is 5.75 Å². The van der Waals surface area contributed by atoms with Crippen molar-refractivity contribution >= 4 is 6.21 Å². The number of hydrogen-bond acceptors (Lipinski definition) is 3. The summed E-state index contributed by atoms with van der Waals surface area (Å²) < 4.78 is 5.58. The normalized spacial score (nSPS) is 22.6. The molecule has 116 valence electrons. The van der Waals surface area contributed by atoms with Crippen LogP contribution in [0, 0.1) is 5.92 Å². The number of oxime groups is 1. The van der Waals surface area contributed by atoms with Gasteiger partial charge in [0.1, 0.15) is 5.75 Å². The summed E-state index contributed by atoms with van der Waals surface area (Å²) in [4.78, 5) is 0. The number of nitrogens with zero attached hydrogens (tertiary/aromatic N) is 1. The van der Waals surface area contributed by atoms with E-state index < -0.39 is 0 Å². The third kappa shape index (κ3) is 4.23. The van der Waals surface area contributed by atoms with Crippen LogP contribution in [0.2, 0.25) is 0 Å². The van der Waals surface area contributed by atoms with Gasteiger partial charge >= 0.3 is 0 Å². The van der Waals surface area contributed by atoms with Gasteiger partial charge in [-0.05, 0) is 62.1 Å². The fraction of sp³-hybridized carbons (Fsp3) is 0.611. The fourth-order valence-electron chi connectivity index (χ4n) is 3.46. The Bertz CT molecular complexity index is 462. The van der Waals surface area contributed by atoms with Crippen LogP contribution in [0.1, 0.15) is 69.4 Å². The second-order valence-corrected chi connectivity index (χ2v) is 5.98. The number of ether oxygens (including phenoxy) is 1. The van der Waals surface area contributed by atoms with E-state index in [2.05, 4.69) is 24.2 Å². The summed E-state index contributed by atoms with van der Waals surface area (Å²) in [5.74, 6) is 2.35. The van der Waals surface area contributed by atoms with E-state index in [9.17, 15) is 0 Å². The zero-order chi connectivity index (χ0) is 15.1. The lowest BCUT2D eigenvalue weighted by Crippen LogP contribution is -2.13. The second kappa shape index (κ2) is 8.06. The van der Waals surface area contributed by atoms with Crippen molar-refractivity contribution in [3.8, 4) is 5.75 Å². The minimum absolute atomic E-state index is 0.619. The smallest absolute Gasteiger partial charge is 0.128 e. The minimum atomic E-state index is 0.619. The maximum Gasteiger partial charge on any atom is 0.128 e. The SMILES string of the molecule is CCCC1CCC(c2ccc(OCC)c(/C=N\O)c2)CC1. The van der Waals surface area contributed by atoms with Gasteiger partial charge in [0.2, 0.25) is 0 Å². The van der Waals surface area contributed by atoms with Gasteiger partial charge in [-0.1, -0.05) is 31.0 Å². The molecule has 0 aliphatic heterocycles. The molecule has 1 saturated carbocycles. The molecule has 0 saturated heterocycles. The predicted octanol–water partition coefficient (Wildman–Crippen LogP) is 4.97. The van der Waals surface area contributed by atoms with E-state index in [1.165, 1.54) is 50.3 Å². The molecule has 0 amide bonds. The Hall–Kier alpha value is -1.51. The molecular weight excluding hydrogens is 262 g/mol. The molecule has 21 heavy (non-hydrogen) atoms. The van der Waals surface area contributed by atoms with Gasteiger partial charge in [0.25, 0.3) is 0 Å². The van der Waals surface area contributed by atoms with Crippen LogP contribution >= 0.6 is 0 Å². The van der Waals surface area contributed by atoms with Gasteiger partial charge in [-0.2, -0.15) is 0 Å². The fourth-order valence-corrected chi connectivity index (χ4v) is 3.46. The van der Waals surface area contributed by atoms with Crippen molar-refractivity contribution < 1.29 is 9.94 Å². The quantitative estimate of drug-likeness (QED) is 0.456. The molecule has 0 unspecified atom stereocenters. The molecule has 0 heterocycles. The van der Waals surface area contributed by atoms with Crippen LogP contribution in [-0.4, -0.2) is 18.0 Å². The monoisotopic (exact) mass is 289 g/mol. The van der Waals surface area contributed by atoms with Gasteiger partial charge in [-0.3, -0.25) is 0 Å². The Labute approximate surface area is 128 Å². The van der Waals surface area contributed by atoms with E-state index >= 15 is 0 Å². The predicted molar refractivity (Wildman–Crippen MR) is 86.6 cm³/mol. The molecular formula is C18H27NO2. The summed E-state index contributed by atoms with van der Waals surface area (Å²) in [6.07, 6.45) is 9.37. The molecule has 0 radical (unpaired) electrons. The molecule has 3 nitrogen and oxygen atoms in total. The third-order valence-electron chi connectivity index (χ3n) is 4.55. The second-order valence-electron chi connectivity index (χ2n) is 5.98. The van der Waals surface area contributed by atoms with Crippen molar-refractivity contribution in [3.05, 3.63) is 29.3 Å². The van der Waals surface area contributed by atoms with Crippen LogP contribution in [0.3, 0.4) is 0 Å². The molecule has 3 heteroatoms. The average molecular weight is 289 g/mol. The Balaban J connectivity index is 2.08. The van der Waals surface area contributed by atoms with Crippen molar-refractivity contribution in [2.45, 2.75) is 58.3 Å². The first-order chi connectivity index (χ1) is 10.3. The molecule has 0 atom stereocenters. The first-order valence-corrected chi connectivity index (χ1v) is 8.22. The molecule has 0 spiro atoms. The van der Waals surface area contributed by atoms with Crippen molar-refractivity contribution in [1.82, 2.24) is 0 Å². The number of benzene rings is 1. The molecule has 1 N–H and O–H groups in total. The Morgan fingerprint density at radius 1 is 1.24 bits per heavy atom. The van der Waals surface area contributed by atoms with Crippen LogP contribution in [-0.2, 0) is 0 Å². The molecule has 0 aromatic heterocycles. The van der Waals surface area contributed by atoms with Gasteiger partial charge in [0.05, 0.1) is 12.8 Å². The molecule has 1 aliphatic carbocycles. The summed E-state index contributed by atoms with van der Waals surface area (Å²) in [6.45, 7) is 4.86. The van der Waals surface area contributed by atoms with Crippen LogP contribution in [0.15, 0.2) is 23.4 Å². The number of hydrogen-bond donors (Lipinski definition) is 1. The molecule has 1 aromatic carbocycles. The molecule has 2 rings (SSSR count). The van der Waals surface area contributed by atoms with Crippen LogP contribution in [0.4, 0.5) is 0 Å². The highest BCUT2D eigenvalue weighted by atomic mass is 16.5. The van der Waals surface area contributed by atoms with E-state index in [0.717, 1.165) is 17.2 Å². The topological polar surface area (TPSA) is 41.8 Å². The number of rotatable bonds is 6. The summed E-state index contributed by atoms with van der Waals surface area (Å²) in [5.41, 5.74) is 2.22. The molecule has 0 bridgehead atoms. The lowest BCUT2D eigenvalue weighted by atomic mass is 9.77. The van der Waals surface area contributed by atoms with Gasteiger partial charge in [0, 0.05) is 5.56 Å². The maximum absolute atomic E-state index is 8.82. The van der Waals surface area contributed by atoms with E-state index in [-0.39, 0.29) is 0 Å². The average Bonchev–Trinajstić information content (AvgIpc) is 2.51. The van der Waals surface area contributed by atoms with Crippen molar-refractivity contribution in [2.24, 2.45) is 11.1 Å². The largest absolute Gasteiger partial charge is 0.493 e. The van der Waals surface area contributed by atoms with Gasteiger partial charge in [-0.25, -0.2) is 0 Å². The summed E-state index contributed by atoms with van der Waals surface area (Å²) >= 11 is 0. The van der Waals surface area contributed by atoms with Crippen molar-refractivity contribution in [3.63, 3.8) is 0 Å². The molecule has 1 fully saturated rings. The lowest BCUT2D eigenvalue weighted by Gasteiger charge is -2.29. The van der Waals surface area contributed by atoms with Crippen LogP contribution < -0.4 is 4.74 Å². The third-order valence-corrected chi connectivity index (χ3v) is 4.55. The van der Waals surface area contributed by atoms with Gasteiger partial charge in [0.15, 0.2) is 0 Å². The van der Waals surface area contributed by atoms with E-state index in [1.54, 1.807) is 0 Å². The highest BCUT2D eigenvalue weighted by Crippen LogP contribution is 2.38. The lowest BCUT2D eigenvalue weighted by molar-refractivity contribution is 0.307. The van der Waals surface area contributed by atoms with Gasteiger partial charge < -0.3 is 9.94 Å². The zero-order valence-corrected chi connectivity index (χ0v) is 13.2. The molecule has 1 aromatic rings. The van der Waals surface area contributed by atoms with E-state index in [1.807, 2.05) is 13.0 Å². The summed E-state index contributed by atoms with van der Waals surface area (Å²) in [7, 11) is 0. The summed E-state index contributed by atoms with van der Waals surface area (Å²) in [6, 6.07) is 6.30. The summed E-state index contributed by atoms with van der Waals surface area (Å²) in [5, 5.41) is 12.0. The van der Waals surface area contributed by atoms with Crippen LogP contribution in [0.25, 0.3) is 0 Å². The first-order valence-electron chi connectivity index (χ1n) is 8.22.